The molecule has 1 aliphatic carbocycles. The lowest BCUT2D eigenvalue weighted by molar-refractivity contribution is -0.164. The molecule has 3 atom stereocenters. The minimum atomic E-state index is -0.584. The molecule has 0 bridgehead atoms. The number of ether oxygens (including phenoxy) is 2. The highest BCUT2D eigenvalue weighted by Gasteiger charge is 2.54. The quantitative estimate of drug-likeness (QED) is 0.630. The third-order valence-electron chi connectivity index (χ3n) is 3.63. The van der Waals surface area contributed by atoms with Gasteiger partial charge < -0.3 is 14.4 Å². The van der Waals surface area contributed by atoms with Crippen LogP contribution < -0.4 is 0 Å². The third kappa shape index (κ3) is 1.74. The van der Waals surface area contributed by atoms with Crippen LogP contribution in [0.4, 0.5) is 0 Å². The highest BCUT2D eigenvalue weighted by molar-refractivity contribution is 5.82. The summed E-state index contributed by atoms with van der Waals surface area (Å²) < 4.78 is 11.6. The number of hydrogen-bond acceptors (Lipinski definition) is 3. The zero-order valence-electron chi connectivity index (χ0n) is 10.2. The fourth-order valence-electron chi connectivity index (χ4n) is 2.73. The molecule has 0 aromatic heterocycles. The molecule has 4 heteroatoms. The second-order valence-electron chi connectivity index (χ2n) is 5.51. The van der Waals surface area contributed by atoms with Gasteiger partial charge in [-0.05, 0) is 26.7 Å². The van der Waals surface area contributed by atoms with Crippen LogP contribution in [0.25, 0.3) is 0 Å². The molecule has 0 aromatic rings. The van der Waals surface area contributed by atoms with Gasteiger partial charge in [-0.3, -0.25) is 4.79 Å². The van der Waals surface area contributed by atoms with Gasteiger partial charge in [0.05, 0.1) is 6.54 Å². The van der Waals surface area contributed by atoms with E-state index in [0.29, 0.717) is 6.54 Å². The fourth-order valence-corrected chi connectivity index (χ4v) is 2.73. The third-order valence-corrected chi connectivity index (χ3v) is 3.63. The van der Waals surface area contributed by atoms with Gasteiger partial charge in [0.25, 0.3) is 0 Å². The van der Waals surface area contributed by atoms with Crippen LogP contribution in [0.2, 0.25) is 0 Å². The molecule has 0 aromatic carbocycles. The molecule has 3 fully saturated rings. The SMILES string of the molecule is C#CC1[C@@H]2OC(C)(C)O[C@@H]2CN1C(=O)C1CC1. The van der Waals surface area contributed by atoms with E-state index in [0.717, 1.165) is 12.8 Å². The molecule has 2 saturated heterocycles. The maximum absolute atomic E-state index is 12.1. The molecule has 2 heterocycles. The number of carbonyl (C=O) groups excluding carboxylic acids is 1. The molecule has 0 radical (unpaired) electrons. The Bertz CT molecular complexity index is 394. The number of fused-ring (bicyclic) bond motifs is 1. The molecular formula is C13H17NO3. The first kappa shape index (κ1) is 11.1. The Morgan fingerprint density at radius 2 is 2.12 bits per heavy atom. The van der Waals surface area contributed by atoms with Gasteiger partial charge >= 0.3 is 0 Å². The number of carbonyl (C=O) groups is 1. The summed E-state index contributed by atoms with van der Waals surface area (Å²) in [4.78, 5) is 13.9. The summed E-state index contributed by atoms with van der Waals surface area (Å²) in [7, 11) is 0. The van der Waals surface area contributed by atoms with Crippen molar-refractivity contribution in [1.82, 2.24) is 4.90 Å². The van der Waals surface area contributed by atoms with Crippen LogP contribution in [0, 0.1) is 18.3 Å². The molecule has 0 N–H and O–H groups in total. The Morgan fingerprint density at radius 1 is 1.41 bits per heavy atom. The van der Waals surface area contributed by atoms with E-state index < -0.39 is 5.79 Å². The summed E-state index contributed by atoms with van der Waals surface area (Å²) in [6, 6.07) is -0.269. The standard InChI is InChI=1S/C13H17NO3/c1-4-9-11-10(16-13(2,3)17-11)7-14(9)12(15)8-5-6-8/h1,8-11H,5-7H2,2-3H3/t9?,10-,11+/m1/s1. The van der Waals surface area contributed by atoms with Crippen molar-refractivity contribution in [3.63, 3.8) is 0 Å². The van der Waals surface area contributed by atoms with E-state index in [-0.39, 0.29) is 30.1 Å². The maximum atomic E-state index is 12.1. The number of terminal acetylenes is 1. The molecular weight excluding hydrogens is 218 g/mol. The Hall–Kier alpha value is -1.05. The molecule has 3 rings (SSSR count). The van der Waals surface area contributed by atoms with Crippen LogP contribution in [0.1, 0.15) is 26.7 Å². The molecule has 1 saturated carbocycles. The van der Waals surface area contributed by atoms with Crippen molar-refractivity contribution >= 4 is 5.91 Å². The van der Waals surface area contributed by atoms with Gasteiger partial charge in [-0.1, -0.05) is 5.92 Å². The summed E-state index contributed by atoms with van der Waals surface area (Å²) in [5.41, 5.74) is 0. The fraction of sp³-hybridized carbons (Fsp3) is 0.769. The van der Waals surface area contributed by atoms with Crippen LogP contribution in [0.3, 0.4) is 0 Å². The Balaban J connectivity index is 1.78. The molecule has 17 heavy (non-hydrogen) atoms. The van der Waals surface area contributed by atoms with Crippen molar-refractivity contribution in [3.8, 4) is 12.3 Å². The average Bonchev–Trinajstić information content (AvgIpc) is 2.97. The first-order valence-electron chi connectivity index (χ1n) is 6.14. The average molecular weight is 235 g/mol. The maximum Gasteiger partial charge on any atom is 0.226 e. The lowest BCUT2D eigenvalue weighted by Crippen LogP contribution is -2.41. The van der Waals surface area contributed by atoms with Crippen molar-refractivity contribution in [2.24, 2.45) is 5.92 Å². The topological polar surface area (TPSA) is 38.8 Å². The number of nitrogens with zero attached hydrogens (tertiary/aromatic N) is 1. The number of hydrogen-bond donors (Lipinski definition) is 0. The van der Waals surface area contributed by atoms with E-state index in [1.165, 1.54) is 0 Å². The zero-order valence-corrected chi connectivity index (χ0v) is 10.2. The molecule has 4 nitrogen and oxygen atoms in total. The minimum Gasteiger partial charge on any atom is -0.343 e. The van der Waals surface area contributed by atoms with E-state index >= 15 is 0 Å². The van der Waals surface area contributed by atoms with Gasteiger partial charge in [-0.25, -0.2) is 0 Å². The predicted octanol–water partition coefficient (Wildman–Crippen LogP) is 0.760. The van der Waals surface area contributed by atoms with Gasteiger partial charge in [0.2, 0.25) is 5.91 Å². The van der Waals surface area contributed by atoms with Crippen LogP contribution >= 0.6 is 0 Å². The highest BCUT2D eigenvalue weighted by Crippen LogP contribution is 2.39. The smallest absolute Gasteiger partial charge is 0.226 e. The number of rotatable bonds is 1. The first-order valence-corrected chi connectivity index (χ1v) is 6.14. The van der Waals surface area contributed by atoms with E-state index in [1.54, 1.807) is 4.90 Å². The molecule has 0 spiro atoms. The Labute approximate surface area is 101 Å². The van der Waals surface area contributed by atoms with Gasteiger partial charge in [0.1, 0.15) is 18.2 Å². The van der Waals surface area contributed by atoms with Crippen LogP contribution in [0.15, 0.2) is 0 Å². The van der Waals surface area contributed by atoms with Crippen molar-refractivity contribution in [2.75, 3.05) is 6.54 Å². The molecule has 2 aliphatic heterocycles. The van der Waals surface area contributed by atoms with Gasteiger partial charge in [0, 0.05) is 5.92 Å². The summed E-state index contributed by atoms with van der Waals surface area (Å²) in [5.74, 6) is 2.47. The monoisotopic (exact) mass is 235 g/mol. The summed E-state index contributed by atoms with van der Waals surface area (Å²) in [5, 5.41) is 0. The molecule has 1 unspecified atom stereocenters. The molecule has 3 aliphatic rings. The lowest BCUT2D eigenvalue weighted by atomic mass is 10.1. The number of amides is 1. The van der Waals surface area contributed by atoms with Gasteiger partial charge in [0.15, 0.2) is 5.79 Å². The van der Waals surface area contributed by atoms with Crippen LogP contribution in [0.5, 0.6) is 0 Å². The molecule has 92 valence electrons. The number of likely N-dealkylation sites (tertiary alicyclic amines) is 1. The predicted molar refractivity (Wildman–Crippen MR) is 60.9 cm³/mol. The summed E-state index contributed by atoms with van der Waals surface area (Å²) in [6.45, 7) is 4.33. The van der Waals surface area contributed by atoms with E-state index in [2.05, 4.69) is 5.92 Å². The minimum absolute atomic E-state index is 0.0752. The normalized spacial score (nSPS) is 38.9. The zero-order chi connectivity index (χ0) is 12.2. The van der Waals surface area contributed by atoms with Crippen molar-refractivity contribution < 1.29 is 14.3 Å². The lowest BCUT2D eigenvalue weighted by Gasteiger charge is -2.26. The second-order valence-corrected chi connectivity index (χ2v) is 5.51. The van der Waals surface area contributed by atoms with Crippen molar-refractivity contribution in [2.45, 2.75) is 50.7 Å². The van der Waals surface area contributed by atoms with Crippen molar-refractivity contribution in [3.05, 3.63) is 0 Å². The van der Waals surface area contributed by atoms with E-state index in [4.69, 9.17) is 15.9 Å². The second kappa shape index (κ2) is 3.47. The summed E-state index contributed by atoms with van der Waals surface area (Å²) >= 11 is 0. The first-order chi connectivity index (χ1) is 8.02. The Morgan fingerprint density at radius 3 is 2.71 bits per heavy atom. The largest absolute Gasteiger partial charge is 0.343 e. The Kier molecular flexibility index (Phi) is 2.26. The van der Waals surface area contributed by atoms with E-state index in [1.807, 2.05) is 13.8 Å². The van der Waals surface area contributed by atoms with Crippen LogP contribution in [-0.2, 0) is 14.3 Å². The molecule has 1 amide bonds. The summed E-state index contributed by atoms with van der Waals surface area (Å²) in [6.07, 6.45) is 7.29. The van der Waals surface area contributed by atoms with Crippen LogP contribution in [-0.4, -0.2) is 41.4 Å². The van der Waals surface area contributed by atoms with Gasteiger partial charge in [-0.15, -0.1) is 6.42 Å². The van der Waals surface area contributed by atoms with Crippen molar-refractivity contribution in [1.29, 1.82) is 0 Å². The van der Waals surface area contributed by atoms with E-state index in [9.17, 15) is 4.79 Å². The highest BCUT2D eigenvalue weighted by atomic mass is 16.8. The van der Waals surface area contributed by atoms with Gasteiger partial charge in [-0.2, -0.15) is 0 Å².